The Hall–Kier alpha value is -3.55. The summed E-state index contributed by atoms with van der Waals surface area (Å²) in [5.41, 5.74) is 3.72. The van der Waals surface area contributed by atoms with Crippen LogP contribution in [0.25, 0.3) is 0 Å². The van der Waals surface area contributed by atoms with Gasteiger partial charge in [-0.2, -0.15) is 0 Å². The number of primary amides is 1. The third-order valence-corrected chi connectivity index (χ3v) is 8.50. The summed E-state index contributed by atoms with van der Waals surface area (Å²) < 4.78 is 5.41. The molecule has 0 unspecified atom stereocenters. The molecule has 11 nitrogen and oxygen atoms in total. The summed E-state index contributed by atoms with van der Waals surface area (Å²) in [6.07, 6.45) is 9.73. The standard InChI is InChI=1S/C30H45N5O6/c1-9-30(7,8)23(34-28(40)41-29(4,5)6)27(39)35-15-19-16(2)10-11-17(3)21(19)22(35)26(38)33-20(24(31)36)14-18-12-13-32-25(18)37/h1,10-11,16-23H,12-15H2,2-8H3,(H2,31,36)(H,32,37)(H,33,38)(H,34,40)/t16-,17+,18-,19+,20-,21-,22-,23+/m0/s1. The zero-order valence-electron chi connectivity index (χ0n) is 25.2. The van der Waals surface area contributed by atoms with Crippen molar-refractivity contribution in [3.63, 3.8) is 0 Å². The van der Waals surface area contributed by atoms with Crippen molar-refractivity contribution in [2.45, 2.75) is 85.0 Å². The summed E-state index contributed by atoms with van der Waals surface area (Å²) in [6, 6.07) is -3.23. The summed E-state index contributed by atoms with van der Waals surface area (Å²) in [4.78, 5) is 67.1. The van der Waals surface area contributed by atoms with Gasteiger partial charge in [0.1, 0.15) is 23.7 Å². The third kappa shape index (κ3) is 7.21. The van der Waals surface area contributed by atoms with E-state index in [0.717, 1.165) is 0 Å². The van der Waals surface area contributed by atoms with E-state index in [1.807, 2.05) is 19.9 Å². The summed E-state index contributed by atoms with van der Waals surface area (Å²) in [6.45, 7) is 13.2. The predicted molar refractivity (Wildman–Crippen MR) is 153 cm³/mol. The Balaban J connectivity index is 1.96. The average molecular weight is 572 g/mol. The molecule has 2 heterocycles. The highest BCUT2D eigenvalue weighted by atomic mass is 16.6. The number of rotatable bonds is 8. The molecule has 2 fully saturated rings. The van der Waals surface area contributed by atoms with Crippen LogP contribution in [0.3, 0.4) is 0 Å². The van der Waals surface area contributed by atoms with Gasteiger partial charge in [-0.15, -0.1) is 6.42 Å². The number of ether oxygens (including phenoxy) is 1. The molecule has 2 saturated heterocycles. The van der Waals surface area contributed by atoms with Crippen molar-refractivity contribution in [2.24, 2.45) is 40.7 Å². The van der Waals surface area contributed by atoms with Gasteiger partial charge < -0.3 is 31.3 Å². The SMILES string of the molecule is C#CC(C)(C)[C@H](NC(=O)OC(C)(C)C)C(=O)N1C[C@H]2[C@H]([C@H](C)C=C[C@@H]2C)[C@H]1C(=O)N[C@@H](C[C@@H]1CCNC1=O)C(N)=O. The van der Waals surface area contributed by atoms with Gasteiger partial charge in [0, 0.05) is 19.0 Å². The van der Waals surface area contributed by atoms with Crippen LogP contribution in [0.1, 0.15) is 61.3 Å². The maximum absolute atomic E-state index is 14.3. The van der Waals surface area contributed by atoms with Gasteiger partial charge in [-0.25, -0.2) is 4.79 Å². The average Bonchev–Trinajstić information content (AvgIpc) is 3.47. The van der Waals surface area contributed by atoms with Crippen LogP contribution >= 0.6 is 0 Å². The maximum atomic E-state index is 14.3. The zero-order valence-corrected chi connectivity index (χ0v) is 25.2. The second-order valence-corrected chi connectivity index (χ2v) is 13.2. The van der Waals surface area contributed by atoms with E-state index < -0.39 is 58.9 Å². The van der Waals surface area contributed by atoms with Gasteiger partial charge in [-0.1, -0.05) is 31.9 Å². The van der Waals surface area contributed by atoms with Crippen molar-refractivity contribution in [1.29, 1.82) is 0 Å². The van der Waals surface area contributed by atoms with Crippen LogP contribution in [0.5, 0.6) is 0 Å². The molecular weight excluding hydrogens is 526 g/mol. The van der Waals surface area contributed by atoms with E-state index in [4.69, 9.17) is 16.9 Å². The number of terminal acetylenes is 1. The van der Waals surface area contributed by atoms with E-state index in [2.05, 4.69) is 27.9 Å². The molecule has 0 aromatic rings. The number of nitrogens with one attached hydrogen (secondary N) is 3. The minimum Gasteiger partial charge on any atom is -0.444 e. The number of fused-ring (bicyclic) bond motifs is 1. The van der Waals surface area contributed by atoms with E-state index in [9.17, 15) is 24.0 Å². The molecule has 3 rings (SSSR count). The lowest BCUT2D eigenvalue weighted by atomic mass is 9.71. The highest BCUT2D eigenvalue weighted by Crippen LogP contribution is 2.44. The van der Waals surface area contributed by atoms with Crippen molar-refractivity contribution in [1.82, 2.24) is 20.9 Å². The smallest absolute Gasteiger partial charge is 0.408 e. The number of allylic oxidation sites excluding steroid dienone is 2. The van der Waals surface area contributed by atoms with E-state index in [-0.39, 0.29) is 42.5 Å². The fourth-order valence-electron chi connectivity index (χ4n) is 6.15. The number of likely N-dealkylation sites (tertiary alicyclic amines) is 1. The summed E-state index contributed by atoms with van der Waals surface area (Å²) in [5.74, 6) is -0.0939. The number of carbonyl (C=O) groups excluding carboxylic acids is 5. The maximum Gasteiger partial charge on any atom is 0.408 e. The Morgan fingerprint density at radius 2 is 1.78 bits per heavy atom. The van der Waals surface area contributed by atoms with E-state index in [1.54, 1.807) is 34.6 Å². The van der Waals surface area contributed by atoms with Crippen LogP contribution in [0.4, 0.5) is 4.79 Å². The molecule has 5 amide bonds. The predicted octanol–water partition coefficient (Wildman–Crippen LogP) is 1.32. The molecule has 226 valence electrons. The molecule has 0 aromatic heterocycles. The first-order chi connectivity index (χ1) is 19.0. The van der Waals surface area contributed by atoms with E-state index in [1.165, 1.54) is 4.90 Å². The lowest BCUT2D eigenvalue weighted by molar-refractivity contribution is -0.143. The number of nitrogens with two attached hydrogens (primary N) is 1. The van der Waals surface area contributed by atoms with Crippen LogP contribution in [0, 0.1) is 47.3 Å². The zero-order chi connectivity index (χ0) is 30.9. The van der Waals surface area contributed by atoms with Crippen LogP contribution < -0.4 is 21.7 Å². The lowest BCUT2D eigenvalue weighted by Gasteiger charge is -2.37. The Morgan fingerprint density at radius 3 is 2.32 bits per heavy atom. The summed E-state index contributed by atoms with van der Waals surface area (Å²) in [7, 11) is 0. The first kappa shape index (κ1) is 32.0. The molecule has 11 heteroatoms. The lowest BCUT2D eigenvalue weighted by Crippen LogP contribution is -2.60. The number of hydrogen-bond acceptors (Lipinski definition) is 6. The molecule has 0 spiro atoms. The van der Waals surface area contributed by atoms with Gasteiger partial charge in [0.2, 0.25) is 23.6 Å². The minimum absolute atomic E-state index is 0.0431. The molecule has 2 aliphatic heterocycles. The third-order valence-electron chi connectivity index (χ3n) is 8.50. The monoisotopic (exact) mass is 571 g/mol. The largest absolute Gasteiger partial charge is 0.444 e. The second-order valence-electron chi connectivity index (χ2n) is 13.2. The molecular formula is C30H45N5O6. The highest BCUT2D eigenvalue weighted by molar-refractivity contribution is 5.95. The first-order valence-electron chi connectivity index (χ1n) is 14.3. The van der Waals surface area contributed by atoms with Gasteiger partial charge in [-0.3, -0.25) is 19.2 Å². The molecule has 8 atom stereocenters. The molecule has 41 heavy (non-hydrogen) atoms. The van der Waals surface area contributed by atoms with Crippen molar-refractivity contribution in [3.05, 3.63) is 12.2 Å². The van der Waals surface area contributed by atoms with E-state index >= 15 is 0 Å². The van der Waals surface area contributed by atoms with Gasteiger partial charge in [0.15, 0.2) is 0 Å². The van der Waals surface area contributed by atoms with Gasteiger partial charge in [0.05, 0.1) is 5.41 Å². The second kappa shape index (κ2) is 12.1. The normalized spacial score (nSPS) is 29.0. The molecule has 0 saturated carbocycles. The summed E-state index contributed by atoms with van der Waals surface area (Å²) >= 11 is 0. The fourth-order valence-corrected chi connectivity index (χ4v) is 6.15. The Labute approximate surface area is 242 Å². The Kier molecular flexibility index (Phi) is 9.46. The number of amides is 5. The van der Waals surface area contributed by atoms with Gasteiger partial charge >= 0.3 is 6.09 Å². The minimum atomic E-state index is -1.19. The van der Waals surface area contributed by atoms with Crippen LogP contribution in [-0.4, -0.2) is 71.4 Å². The number of carbonyl (C=O) groups is 5. The van der Waals surface area contributed by atoms with E-state index in [0.29, 0.717) is 13.0 Å². The van der Waals surface area contributed by atoms with Crippen molar-refractivity contribution in [3.8, 4) is 12.3 Å². The summed E-state index contributed by atoms with van der Waals surface area (Å²) in [5, 5.41) is 8.14. The topological polar surface area (TPSA) is 160 Å². The fraction of sp³-hybridized carbons (Fsp3) is 0.700. The quantitative estimate of drug-likeness (QED) is 0.254. The van der Waals surface area contributed by atoms with Gasteiger partial charge in [0.25, 0.3) is 0 Å². The van der Waals surface area contributed by atoms with Gasteiger partial charge in [-0.05, 0) is 71.1 Å². The van der Waals surface area contributed by atoms with Crippen LogP contribution in [0.15, 0.2) is 12.2 Å². The Morgan fingerprint density at radius 1 is 1.15 bits per heavy atom. The van der Waals surface area contributed by atoms with Crippen LogP contribution in [-0.2, 0) is 23.9 Å². The first-order valence-corrected chi connectivity index (χ1v) is 14.3. The van der Waals surface area contributed by atoms with Crippen LogP contribution in [0.2, 0.25) is 0 Å². The molecule has 5 N–H and O–H groups in total. The molecule has 1 aliphatic carbocycles. The number of hydrogen-bond donors (Lipinski definition) is 4. The molecule has 0 bridgehead atoms. The van der Waals surface area contributed by atoms with Crippen molar-refractivity contribution in [2.75, 3.05) is 13.1 Å². The molecule has 0 aromatic carbocycles. The number of alkyl carbamates (subject to hydrolysis) is 1. The molecule has 3 aliphatic rings. The highest BCUT2D eigenvalue weighted by Gasteiger charge is 2.54. The number of nitrogens with zero attached hydrogens (tertiary/aromatic N) is 1. The Bertz CT molecular complexity index is 1140. The van der Waals surface area contributed by atoms with Crippen molar-refractivity contribution < 1.29 is 28.7 Å². The van der Waals surface area contributed by atoms with Crippen molar-refractivity contribution >= 4 is 29.7 Å². The molecule has 0 radical (unpaired) electrons.